The Labute approximate surface area is 166 Å². The highest BCUT2D eigenvalue weighted by atomic mass is 32.2. The number of carbonyl (C=O) groups is 1. The zero-order valence-electron chi connectivity index (χ0n) is 16.4. The van der Waals surface area contributed by atoms with Crippen LogP contribution in [0, 0.1) is 13.8 Å². The topological polar surface area (TPSA) is 32.8 Å². The van der Waals surface area contributed by atoms with Gasteiger partial charge in [-0.25, -0.2) is 0 Å². The summed E-state index contributed by atoms with van der Waals surface area (Å²) in [4.78, 5) is 16.8. The number of aryl methyl sites for hydroxylation is 2. The van der Waals surface area contributed by atoms with E-state index in [1.807, 2.05) is 23.1 Å². The van der Waals surface area contributed by atoms with Crippen LogP contribution in [0.25, 0.3) is 0 Å². The number of rotatable bonds is 6. The molecule has 1 amide bonds. The van der Waals surface area contributed by atoms with E-state index in [1.54, 1.807) is 18.9 Å². The Hall–Kier alpha value is -2.14. The third kappa shape index (κ3) is 5.19. The van der Waals surface area contributed by atoms with Gasteiger partial charge in [-0.2, -0.15) is 0 Å². The molecule has 1 heterocycles. The molecule has 0 radical (unpaired) electrons. The lowest BCUT2D eigenvalue weighted by Gasteiger charge is -2.36. The van der Waals surface area contributed by atoms with Gasteiger partial charge in [0.2, 0.25) is 5.91 Å². The average molecular weight is 385 g/mol. The van der Waals surface area contributed by atoms with Crippen molar-refractivity contribution in [3.63, 3.8) is 0 Å². The first-order chi connectivity index (χ1) is 13.1. The van der Waals surface area contributed by atoms with Gasteiger partial charge in [0.05, 0.1) is 18.6 Å². The number of piperazine rings is 1. The van der Waals surface area contributed by atoms with Gasteiger partial charge >= 0.3 is 0 Å². The first-order valence-electron chi connectivity index (χ1n) is 9.37. The molecule has 0 saturated carbocycles. The van der Waals surface area contributed by atoms with E-state index in [4.69, 9.17) is 4.74 Å². The van der Waals surface area contributed by atoms with E-state index in [1.165, 1.54) is 16.7 Å². The molecule has 0 spiro atoms. The fourth-order valence-corrected chi connectivity index (χ4v) is 4.45. The molecule has 1 aliphatic heterocycles. The normalized spacial score (nSPS) is 14.3. The minimum Gasteiger partial charge on any atom is -0.495 e. The molecule has 4 nitrogen and oxygen atoms in total. The molecular formula is C22H28N2O2S. The molecule has 0 aliphatic carbocycles. The molecule has 1 fully saturated rings. The van der Waals surface area contributed by atoms with Crippen LogP contribution in [0.3, 0.4) is 0 Å². The lowest BCUT2D eigenvalue weighted by molar-refractivity contribution is -0.128. The Kier molecular flexibility index (Phi) is 6.67. The number of anilines is 1. The summed E-state index contributed by atoms with van der Waals surface area (Å²) in [5, 5.41) is 0. The van der Waals surface area contributed by atoms with Crippen molar-refractivity contribution >= 4 is 23.4 Å². The van der Waals surface area contributed by atoms with Crippen LogP contribution in [0.1, 0.15) is 16.7 Å². The van der Waals surface area contributed by atoms with E-state index in [2.05, 4.69) is 43.0 Å². The van der Waals surface area contributed by atoms with Crippen LogP contribution in [0.15, 0.2) is 42.5 Å². The summed E-state index contributed by atoms with van der Waals surface area (Å²) in [6.07, 6.45) is 0. The largest absolute Gasteiger partial charge is 0.495 e. The van der Waals surface area contributed by atoms with Crippen molar-refractivity contribution < 1.29 is 9.53 Å². The summed E-state index contributed by atoms with van der Waals surface area (Å²) >= 11 is 1.70. The second-order valence-corrected chi connectivity index (χ2v) is 8.01. The highest BCUT2D eigenvalue weighted by Gasteiger charge is 2.22. The number of benzene rings is 2. The van der Waals surface area contributed by atoms with Gasteiger partial charge in [-0.3, -0.25) is 4.79 Å². The Morgan fingerprint density at radius 1 is 1.04 bits per heavy atom. The molecule has 3 rings (SSSR count). The lowest BCUT2D eigenvalue weighted by atomic mass is 10.1. The van der Waals surface area contributed by atoms with Gasteiger partial charge in [0.15, 0.2) is 0 Å². The van der Waals surface area contributed by atoms with Crippen molar-refractivity contribution in [3.8, 4) is 5.75 Å². The van der Waals surface area contributed by atoms with Gasteiger partial charge in [-0.05, 0) is 31.5 Å². The Morgan fingerprint density at radius 2 is 1.70 bits per heavy atom. The minimum atomic E-state index is 0.240. The van der Waals surface area contributed by atoms with Crippen LogP contribution in [0.2, 0.25) is 0 Å². The number of para-hydroxylation sites is 2. The Morgan fingerprint density at radius 3 is 2.37 bits per heavy atom. The molecule has 0 N–H and O–H groups in total. The van der Waals surface area contributed by atoms with Crippen LogP contribution in [0.5, 0.6) is 5.75 Å². The monoisotopic (exact) mass is 384 g/mol. The van der Waals surface area contributed by atoms with Gasteiger partial charge in [0.25, 0.3) is 0 Å². The van der Waals surface area contributed by atoms with E-state index in [0.717, 1.165) is 43.4 Å². The molecule has 0 aromatic heterocycles. The Bertz CT molecular complexity index is 765. The summed E-state index contributed by atoms with van der Waals surface area (Å²) in [7, 11) is 1.70. The maximum Gasteiger partial charge on any atom is 0.232 e. The summed E-state index contributed by atoms with van der Waals surface area (Å²) in [5.74, 6) is 2.56. The quantitative estimate of drug-likeness (QED) is 0.756. The third-order valence-corrected chi connectivity index (χ3v) is 5.82. The van der Waals surface area contributed by atoms with Crippen LogP contribution in [-0.2, 0) is 10.5 Å². The van der Waals surface area contributed by atoms with Crippen molar-refractivity contribution in [2.24, 2.45) is 0 Å². The summed E-state index contributed by atoms with van der Waals surface area (Å²) in [6, 6.07) is 14.7. The molecule has 27 heavy (non-hydrogen) atoms. The molecule has 1 saturated heterocycles. The summed E-state index contributed by atoms with van der Waals surface area (Å²) < 4.78 is 5.46. The van der Waals surface area contributed by atoms with E-state index in [9.17, 15) is 4.79 Å². The van der Waals surface area contributed by atoms with Crippen molar-refractivity contribution in [2.45, 2.75) is 19.6 Å². The van der Waals surface area contributed by atoms with Gasteiger partial charge < -0.3 is 14.5 Å². The standard InChI is InChI=1S/C22H28N2O2S/c1-17-12-18(2)14-19(13-17)15-27-16-22(25)24-10-8-23(9-11-24)20-6-4-5-7-21(20)26-3/h4-7,12-14H,8-11,15-16H2,1-3H3. The van der Waals surface area contributed by atoms with Gasteiger partial charge in [0, 0.05) is 31.9 Å². The SMILES string of the molecule is COc1ccccc1N1CCN(C(=O)CSCc2cc(C)cc(C)c2)CC1. The maximum absolute atomic E-state index is 12.6. The smallest absolute Gasteiger partial charge is 0.232 e. The van der Waals surface area contributed by atoms with Crippen LogP contribution >= 0.6 is 11.8 Å². The first kappa shape index (κ1) is 19.6. The van der Waals surface area contributed by atoms with E-state index in [0.29, 0.717) is 5.75 Å². The number of ether oxygens (including phenoxy) is 1. The van der Waals surface area contributed by atoms with E-state index < -0.39 is 0 Å². The predicted molar refractivity (Wildman–Crippen MR) is 114 cm³/mol. The average Bonchev–Trinajstić information content (AvgIpc) is 2.67. The zero-order chi connectivity index (χ0) is 19.2. The Balaban J connectivity index is 1.47. The van der Waals surface area contributed by atoms with Crippen molar-refractivity contribution in [1.29, 1.82) is 0 Å². The van der Waals surface area contributed by atoms with Gasteiger partial charge in [-0.1, -0.05) is 41.5 Å². The molecule has 5 heteroatoms. The molecule has 0 atom stereocenters. The zero-order valence-corrected chi connectivity index (χ0v) is 17.2. The van der Waals surface area contributed by atoms with Crippen molar-refractivity contribution in [3.05, 3.63) is 59.2 Å². The van der Waals surface area contributed by atoms with Crippen LogP contribution < -0.4 is 9.64 Å². The lowest BCUT2D eigenvalue weighted by Crippen LogP contribution is -2.49. The number of hydrogen-bond acceptors (Lipinski definition) is 4. The molecule has 2 aromatic carbocycles. The molecule has 2 aromatic rings. The molecule has 0 unspecified atom stereocenters. The van der Waals surface area contributed by atoms with Crippen LogP contribution in [0.4, 0.5) is 5.69 Å². The minimum absolute atomic E-state index is 0.240. The second kappa shape index (κ2) is 9.18. The predicted octanol–water partition coefficient (Wildman–Crippen LogP) is 3.89. The third-order valence-electron chi connectivity index (χ3n) is 4.83. The number of thioether (sulfide) groups is 1. The van der Waals surface area contributed by atoms with E-state index >= 15 is 0 Å². The highest BCUT2D eigenvalue weighted by molar-refractivity contribution is 7.99. The highest BCUT2D eigenvalue weighted by Crippen LogP contribution is 2.28. The van der Waals surface area contributed by atoms with Crippen molar-refractivity contribution in [1.82, 2.24) is 4.90 Å². The van der Waals surface area contributed by atoms with E-state index in [-0.39, 0.29) is 5.91 Å². The second-order valence-electron chi connectivity index (χ2n) is 7.03. The fourth-order valence-electron chi connectivity index (χ4n) is 3.59. The summed E-state index contributed by atoms with van der Waals surface area (Å²) in [6.45, 7) is 7.45. The molecular weight excluding hydrogens is 356 g/mol. The van der Waals surface area contributed by atoms with Gasteiger partial charge in [0.1, 0.15) is 5.75 Å². The number of carbonyl (C=O) groups excluding carboxylic acids is 1. The number of methoxy groups -OCH3 is 1. The van der Waals surface area contributed by atoms with Gasteiger partial charge in [-0.15, -0.1) is 11.8 Å². The maximum atomic E-state index is 12.6. The molecule has 144 valence electrons. The van der Waals surface area contributed by atoms with Crippen LogP contribution in [-0.4, -0.2) is 49.8 Å². The summed E-state index contributed by atoms with van der Waals surface area (Å²) in [5.41, 5.74) is 4.97. The fraction of sp³-hybridized carbons (Fsp3) is 0.409. The van der Waals surface area contributed by atoms with Crippen molar-refractivity contribution in [2.75, 3.05) is 43.9 Å². The molecule has 0 bridgehead atoms. The molecule has 1 aliphatic rings. The first-order valence-corrected chi connectivity index (χ1v) is 10.5. The number of hydrogen-bond donors (Lipinski definition) is 0. The number of amides is 1. The number of nitrogens with zero attached hydrogens (tertiary/aromatic N) is 2.